The van der Waals surface area contributed by atoms with Crippen molar-refractivity contribution in [2.24, 2.45) is 0 Å². The van der Waals surface area contributed by atoms with E-state index in [1.807, 2.05) is 29.2 Å². The Kier molecular flexibility index (Phi) is 13.2. The van der Waals surface area contributed by atoms with E-state index in [4.69, 9.17) is 16.3 Å². The standard InChI is InChI=1S/C34H52ClN7O4/c1-23(2)36-11-18-46-21-30(44)39(6)12-13-42(24(3)4)20-28(26-7-9-27(35)10-8-26)34(45)41-16-14-40(15-17-41)33-31-25(5)19-29(43)32(31)37-22-38-33/h7-10,22-25,28-29,36,43H,11-21H2,1-6H3/t25-,28-,29-/m1/s1. The Morgan fingerprint density at radius 1 is 1.09 bits per heavy atom. The minimum atomic E-state index is -0.554. The Hall–Kier alpha value is -2.83. The van der Waals surface area contributed by atoms with E-state index in [0.717, 1.165) is 22.6 Å². The highest BCUT2D eigenvalue weighted by molar-refractivity contribution is 6.30. The van der Waals surface area contributed by atoms with E-state index in [-0.39, 0.29) is 36.3 Å². The largest absolute Gasteiger partial charge is 0.387 e. The molecule has 3 atom stereocenters. The summed E-state index contributed by atoms with van der Waals surface area (Å²) in [6.45, 7) is 15.9. The molecule has 0 unspecified atom stereocenters. The van der Waals surface area contributed by atoms with Gasteiger partial charge in [0.1, 0.15) is 18.8 Å². The molecule has 1 saturated heterocycles. The Balaban J connectivity index is 1.39. The van der Waals surface area contributed by atoms with Crippen molar-refractivity contribution < 1.29 is 19.4 Å². The third kappa shape index (κ3) is 9.38. The summed E-state index contributed by atoms with van der Waals surface area (Å²) >= 11 is 6.23. The molecule has 0 spiro atoms. The smallest absolute Gasteiger partial charge is 0.248 e. The van der Waals surface area contributed by atoms with Gasteiger partial charge in [-0.15, -0.1) is 0 Å². The van der Waals surface area contributed by atoms with Crippen molar-refractivity contribution in [3.05, 3.63) is 52.4 Å². The fourth-order valence-corrected chi connectivity index (χ4v) is 6.35. The van der Waals surface area contributed by atoms with Gasteiger partial charge in [-0.25, -0.2) is 9.97 Å². The van der Waals surface area contributed by atoms with Crippen LogP contribution in [-0.2, 0) is 14.3 Å². The van der Waals surface area contributed by atoms with Crippen LogP contribution >= 0.6 is 11.6 Å². The second kappa shape index (κ2) is 16.8. The fourth-order valence-electron chi connectivity index (χ4n) is 6.22. The second-order valence-corrected chi connectivity index (χ2v) is 13.6. The molecule has 0 radical (unpaired) electrons. The average Bonchev–Trinajstić information content (AvgIpc) is 3.33. The summed E-state index contributed by atoms with van der Waals surface area (Å²) in [5.41, 5.74) is 2.68. The van der Waals surface area contributed by atoms with Gasteiger partial charge in [-0.05, 0) is 43.9 Å². The summed E-state index contributed by atoms with van der Waals surface area (Å²) in [5, 5.41) is 14.4. The van der Waals surface area contributed by atoms with Crippen LogP contribution in [-0.4, -0.2) is 126 Å². The lowest BCUT2D eigenvalue weighted by atomic mass is 9.95. The highest BCUT2D eigenvalue weighted by Crippen LogP contribution is 2.42. The quantitative estimate of drug-likeness (QED) is 0.279. The molecule has 1 aromatic heterocycles. The number of likely N-dealkylation sites (N-methyl/N-ethyl adjacent to an activating group) is 1. The molecule has 2 heterocycles. The molecule has 2 aromatic rings. The predicted octanol–water partition coefficient (Wildman–Crippen LogP) is 3.29. The fraction of sp³-hybridized carbons (Fsp3) is 0.647. The first-order chi connectivity index (χ1) is 22.0. The maximum Gasteiger partial charge on any atom is 0.248 e. The number of piperazine rings is 1. The first kappa shape index (κ1) is 36.0. The van der Waals surface area contributed by atoms with Crippen molar-refractivity contribution in [1.82, 2.24) is 30.0 Å². The number of aliphatic hydroxyl groups is 1. The van der Waals surface area contributed by atoms with E-state index < -0.39 is 6.10 Å². The average molecular weight is 658 g/mol. The molecular weight excluding hydrogens is 606 g/mol. The van der Waals surface area contributed by atoms with Crippen molar-refractivity contribution in [1.29, 1.82) is 0 Å². The SMILES string of the molecule is CC(C)NCCOCC(=O)N(C)CCN(C[C@@H](C(=O)N1CCN(c2ncnc3c2[C@H](C)C[C@H]3O)CC1)c1ccc(Cl)cc1)C(C)C. The van der Waals surface area contributed by atoms with Crippen LogP contribution in [0.3, 0.4) is 0 Å². The summed E-state index contributed by atoms with van der Waals surface area (Å²) in [5.74, 6) is 0.693. The van der Waals surface area contributed by atoms with Gasteiger partial charge in [0.2, 0.25) is 11.8 Å². The number of hydrogen-bond donors (Lipinski definition) is 2. The topological polar surface area (TPSA) is 114 Å². The lowest BCUT2D eigenvalue weighted by Crippen LogP contribution is -2.52. The second-order valence-electron chi connectivity index (χ2n) is 13.1. The van der Waals surface area contributed by atoms with Gasteiger partial charge in [-0.2, -0.15) is 0 Å². The van der Waals surface area contributed by atoms with Crippen molar-refractivity contribution in [3.63, 3.8) is 0 Å². The molecular formula is C34H52ClN7O4. The summed E-state index contributed by atoms with van der Waals surface area (Å²) in [6, 6.07) is 8.10. The van der Waals surface area contributed by atoms with E-state index in [9.17, 15) is 14.7 Å². The van der Waals surface area contributed by atoms with Crippen LogP contribution in [0.4, 0.5) is 5.82 Å². The number of benzene rings is 1. The van der Waals surface area contributed by atoms with Crippen LogP contribution in [0.25, 0.3) is 0 Å². The predicted molar refractivity (Wildman–Crippen MR) is 181 cm³/mol. The number of rotatable bonds is 15. The first-order valence-electron chi connectivity index (χ1n) is 16.6. The third-order valence-electron chi connectivity index (χ3n) is 9.06. The maximum atomic E-state index is 14.2. The van der Waals surface area contributed by atoms with Crippen LogP contribution in [0.15, 0.2) is 30.6 Å². The van der Waals surface area contributed by atoms with E-state index in [0.29, 0.717) is 76.5 Å². The zero-order valence-electron chi connectivity index (χ0n) is 28.3. The Morgan fingerprint density at radius 2 is 1.78 bits per heavy atom. The van der Waals surface area contributed by atoms with Gasteiger partial charge >= 0.3 is 0 Å². The van der Waals surface area contributed by atoms with Gasteiger partial charge in [0.05, 0.1) is 24.3 Å². The number of anilines is 1. The van der Waals surface area contributed by atoms with Crippen molar-refractivity contribution in [2.45, 2.75) is 71.1 Å². The number of nitrogens with zero attached hydrogens (tertiary/aromatic N) is 6. The molecule has 4 rings (SSSR count). The normalized spacial score (nSPS) is 18.8. The van der Waals surface area contributed by atoms with Crippen molar-refractivity contribution in [3.8, 4) is 0 Å². The van der Waals surface area contributed by atoms with Crippen molar-refractivity contribution in [2.75, 3.05) is 77.5 Å². The molecule has 11 nitrogen and oxygen atoms in total. The molecule has 0 saturated carbocycles. The number of carbonyl (C=O) groups is 2. The summed E-state index contributed by atoms with van der Waals surface area (Å²) < 4.78 is 5.57. The molecule has 1 fully saturated rings. The zero-order chi connectivity index (χ0) is 33.4. The monoisotopic (exact) mass is 657 g/mol. The molecule has 1 aliphatic heterocycles. The number of halogens is 1. The highest BCUT2D eigenvalue weighted by Gasteiger charge is 2.35. The number of amides is 2. The van der Waals surface area contributed by atoms with Crippen LogP contribution in [0, 0.1) is 0 Å². The van der Waals surface area contributed by atoms with Gasteiger partial charge < -0.3 is 29.9 Å². The lowest BCUT2D eigenvalue weighted by molar-refractivity contribution is -0.136. The van der Waals surface area contributed by atoms with Crippen LogP contribution in [0.2, 0.25) is 5.02 Å². The number of fused-ring (bicyclic) bond motifs is 1. The van der Waals surface area contributed by atoms with Crippen LogP contribution in [0.5, 0.6) is 0 Å². The summed E-state index contributed by atoms with van der Waals surface area (Å²) in [7, 11) is 1.80. The molecule has 254 valence electrons. The van der Waals surface area contributed by atoms with Crippen LogP contribution < -0.4 is 10.2 Å². The number of aliphatic hydroxyl groups excluding tert-OH is 1. The first-order valence-corrected chi connectivity index (χ1v) is 16.9. The number of nitrogens with one attached hydrogen (secondary N) is 1. The number of aromatic nitrogens is 2. The summed E-state index contributed by atoms with van der Waals surface area (Å²) in [6.07, 6.45) is 1.64. The van der Waals surface area contributed by atoms with E-state index >= 15 is 0 Å². The maximum absolute atomic E-state index is 14.2. The van der Waals surface area contributed by atoms with Gasteiger partial charge in [-0.1, -0.05) is 44.5 Å². The third-order valence-corrected chi connectivity index (χ3v) is 9.31. The highest BCUT2D eigenvalue weighted by atomic mass is 35.5. The minimum Gasteiger partial charge on any atom is -0.387 e. The molecule has 12 heteroatoms. The van der Waals surface area contributed by atoms with Gasteiger partial charge in [0, 0.05) is 82.1 Å². The van der Waals surface area contributed by atoms with E-state index in [2.05, 4.69) is 59.7 Å². The molecule has 46 heavy (non-hydrogen) atoms. The zero-order valence-corrected chi connectivity index (χ0v) is 29.0. The van der Waals surface area contributed by atoms with Gasteiger partial charge in [0.15, 0.2) is 0 Å². The number of hydrogen-bond acceptors (Lipinski definition) is 9. The van der Waals surface area contributed by atoms with Crippen molar-refractivity contribution >= 4 is 29.2 Å². The number of carbonyl (C=O) groups excluding carboxylic acids is 2. The molecule has 2 aliphatic rings. The molecule has 1 aliphatic carbocycles. The van der Waals surface area contributed by atoms with Gasteiger partial charge in [-0.3, -0.25) is 14.5 Å². The van der Waals surface area contributed by atoms with E-state index in [1.165, 1.54) is 6.33 Å². The Morgan fingerprint density at radius 3 is 2.43 bits per heavy atom. The number of ether oxygens (including phenoxy) is 1. The lowest BCUT2D eigenvalue weighted by Gasteiger charge is -2.39. The van der Waals surface area contributed by atoms with E-state index in [1.54, 1.807) is 11.9 Å². The Bertz CT molecular complexity index is 1290. The molecule has 2 amide bonds. The molecule has 0 bridgehead atoms. The summed E-state index contributed by atoms with van der Waals surface area (Å²) in [4.78, 5) is 44.0. The molecule has 1 aromatic carbocycles. The minimum absolute atomic E-state index is 0.0487. The van der Waals surface area contributed by atoms with Crippen LogP contribution in [0.1, 0.15) is 75.8 Å². The Labute approximate surface area is 279 Å². The molecule has 2 N–H and O–H groups in total. The van der Waals surface area contributed by atoms with Gasteiger partial charge in [0.25, 0.3) is 0 Å².